The van der Waals surface area contributed by atoms with Crippen molar-refractivity contribution < 1.29 is 19.1 Å². The van der Waals surface area contributed by atoms with Crippen molar-refractivity contribution in [1.82, 2.24) is 10.2 Å². The number of aliphatic carboxylic acids is 1. The summed E-state index contributed by atoms with van der Waals surface area (Å²) >= 11 is 0. The van der Waals surface area contributed by atoms with Gasteiger partial charge in [0.1, 0.15) is 5.82 Å². The van der Waals surface area contributed by atoms with Crippen LogP contribution in [-0.4, -0.2) is 35.6 Å². The van der Waals surface area contributed by atoms with Gasteiger partial charge in [0.05, 0.1) is 5.41 Å². The Bertz CT molecular complexity index is 503. The van der Waals surface area contributed by atoms with Gasteiger partial charge >= 0.3 is 12.0 Å². The molecule has 0 atom stereocenters. The second-order valence-corrected chi connectivity index (χ2v) is 5.30. The van der Waals surface area contributed by atoms with Gasteiger partial charge in [0.2, 0.25) is 0 Å². The topological polar surface area (TPSA) is 69.6 Å². The van der Waals surface area contributed by atoms with Crippen LogP contribution >= 0.6 is 0 Å². The molecular weight excluding hydrogens is 263 g/mol. The number of hydrogen-bond acceptors (Lipinski definition) is 2. The van der Waals surface area contributed by atoms with Crippen molar-refractivity contribution in [2.24, 2.45) is 5.41 Å². The van der Waals surface area contributed by atoms with E-state index in [1.165, 1.54) is 31.9 Å². The van der Waals surface area contributed by atoms with Crippen molar-refractivity contribution in [3.63, 3.8) is 0 Å². The lowest BCUT2D eigenvalue weighted by Gasteiger charge is -2.23. The maximum absolute atomic E-state index is 13.5. The second kappa shape index (κ2) is 6.36. The van der Waals surface area contributed by atoms with E-state index in [4.69, 9.17) is 5.11 Å². The van der Waals surface area contributed by atoms with Crippen LogP contribution in [0.15, 0.2) is 24.3 Å². The SMILES string of the molecule is CN(Cc1ccccc1F)C(=O)NCC(C)(C)C(=O)O. The average molecular weight is 282 g/mol. The normalized spacial score (nSPS) is 11.0. The smallest absolute Gasteiger partial charge is 0.317 e. The molecule has 0 radical (unpaired) electrons. The molecule has 0 aromatic heterocycles. The Hall–Kier alpha value is -2.11. The third kappa shape index (κ3) is 4.22. The summed E-state index contributed by atoms with van der Waals surface area (Å²) in [6.07, 6.45) is 0. The standard InChI is InChI=1S/C14H19FN2O3/c1-14(2,12(18)19)9-16-13(20)17(3)8-10-6-4-5-7-11(10)15/h4-7H,8-9H2,1-3H3,(H,16,20)(H,18,19). The van der Waals surface area contributed by atoms with Crippen LogP contribution in [0.2, 0.25) is 0 Å². The van der Waals surface area contributed by atoms with Crippen LogP contribution in [0, 0.1) is 11.2 Å². The van der Waals surface area contributed by atoms with Crippen LogP contribution < -0.4 is 5.32 Å². The number of carboxylic acid groups (broad SMARTS) is 1. The number of nitrogens with one attached hydrogen (secondary N) is 1. The molecule has 110 valence electrons. The van der Waals surface area contributed by atoms with E-state index in [0.29, 0.717) is 5.56 Å². The zero-order valence-electron chi connectivity index (χ0n) is 11.8. The molecule has 1 aromatic rings. The first-order valence-electron chi connectivity index (χ1n) is 6.20. The Morgan fingerprint density at radius 2 is 1.95 bits per heavy atom. The molecule has 0 aliphatic rings. The number of rotatable bonds is 5. The summed E-state index contributed by atoms with van der Waals surface area (Å²) in [5.74, 6) is -1.37. The molecule has 20 heavy (non-hydrogen) atoms. The molecule has 0 fully saturated rings. The van der Waals surface area contributed by atoms with Crippen molar-refractivity contribution >= 4 is 12.0 Å². The van der Waals surface area contributed by atoms with Gasteiger partial charge < -0.3 is 15.3 Å². The lowest BCUT2D eigenvalue weighted by atomic mass is 9.94. The van der Waals surface area contributed by atoms with Crippen molar-refractivity contribution in [1.29, 1.82) is 0 Å². The van der Waals surface area contributed by atoms with Gasteiger partial charge in [-0.15, -0.1) is 0 Å². The summed E-state index contributed by atoms with van der Waals surface area (Å²) in [7, 11) is 1.52. The highest BCUT2D eigenvalue weighted by Crippen LogP contribution is 2.13. The van der Waals surface area contributed by atoms with Gasteiger partial charge in [-0.25, -0.2) is 9.18 Å². The maximum atomic E-state index is 13.5. The monoisotopic (exact) mass is 282 g/mol. The number of benzene rings is 1. The van der Waals surface area contributed by atoms with Crippen LogP contribution in [0.4, 0.5) is 9.18 Å². The van der Waals surface area contributed by atoms with Crippen LogP contribution in [0.1, 0.15) is 19.4 Å². The fourth-order valence-electron chi connectivity index (χ4n) is 1.46. The Labute approximate surface area is 117 Å². The highest BCUT2D eigenvalue weighted by molar-refractivity contribution is 5.77. The van der Waals surface area contributed by atoms with Gasteiger partial charge in [0, 0.05) is 25.7 Å². The molecule has 0 saturated carbocycles. The minimum absolute atomic E-state index is 0.00276. The third-order valence-corrected chi connectivity index (χ3v) is 2.97. The van der Waals surface area contributed by atoms with Gasteiger partial charge in [-0.05, 0) is 19.9 Å². The Morgan fingerprint density at radius 3 is 2.50 bits per heavy atom. The molecule has 0 bridgehead atoms. The number of carbonyl (C=O) groups is 2. The predicted molar refractivity (Wildman–Crippen MR) is 72.7 cm³/mol. The van der Waals surface area contributed by atoms with Gasteiger partial charge in [-0.2, -0.15) is 0 Å². The fraction of sp³-hybridized carbons (Fsp3) is 0.429. The molecule has 0 heterocycles. The molecule has 2 amide bonds. The van der Waals surface area contributed by atoms with Gasteiger partial charge in [-0.3, -0.25) is 4.79 Å². The maximum Gasteiger partial charge on any atom is 0.317 e. The zero-order chi connectivity index (χ0) is 15.3. The van der Waals surface area contributed by atoms with E-state index in [2.05, 4.69) is 5.32 Å². The van der Waals surface area contributed by atoms with E-state index in [9.17, 15) is 14.0 Å². The van der Waals surface area contributed by atoms with Gasteiger partial charge in [0.15, 0.2) is 0 Å². The Balaban J connectivity index is 2.56. The quantitative estimate of drug-likeness (QED) is 0.868. The number of carbonyl (C=O) groups excluding carboxylic acids is 1. The van der Waals surface area contributed by atoms with E-state index in [-0.39, 0.29) is 18.9 Å². The summed E-state index contributed by atoms with van der Waals surface area (Å²) < 4.78 is 13.5. The number of amides is 2. The first-order chi connectivity index (χ1) is 9.24. The van der Waals surface area contributed by atoms with E-state index < -0.39 is 17.4 Å². The van der Waals surface area contributed by atoms with Crippen molar-refractivity contribution in [2.75, 3.05) is 13.6 Å². The van der Waals surface area contributed by atoms with Gasteiger partial charge in [0.25, 0.3) is 0 Å². The van der Waals surface area contributed by atoms with Gasteiger partial charge in [-0.1, -0.05) is 18.2 Å². The molecule has 0 saturated heterocycles. The van der Waals surface area contributed by atoms with Crippen LogP contribution in [-0.2, 0) is 11.3 Å². The molecule has 5 nitrogen and oxygen atoms in total. The molecule has 0 aliphatic heterocycles. The first kappa shape index (κ1) is 15.9. The van der Waals surface area contributed by atoms with Crippen molar-refractivity contribution in [3.05, 3.63) is 35.6 Å². The predicted octanol–water partition coefficient (Wildman–Crippen LogP) is 2.08. The molecule has 2 N–H and O–H groups in total. The highest BCUT2D eigenvalue weighted by Gasteiger charge is 2.28. The van der Waals surface area contributed by atoms with Crippen molar-refractivity contribution in [3.8, 4) is 0 Å². The largest absolute Gasteiger partial charge is 0.481 e. The summed E-state index contributed by atoms with van der Waals surface area (Å²) in [6.45, 7) is 3.16. The minimum atomic E-state index is -1.05. The number of urea groups is 1. The van der Waals surface area contributed by atoms with Crippen molar-refractivity contribution in [2.45, 2.75) is 20.4 Å². The summed E-state index contributed by atoms with van der Waals surface area (Å²) in [6, 6.07) is 5.75. The fourth-order valence-corrected chi connectivity index (χ4v) is 1.46. The lowest BCUT2D eigenvalue weighted by Crippen LogP contribution is -2.44. The molecule has 0 unspecified atom stereocenters. The number of carboxylic acids is 1. The molecule has 1 rings (SSSR count). The van der Waals surface area contributed by atoms with E-state index in [1.807, 2.05) is 0 Å². The third-order valence-electron chi connectivity index (χ3n) is 2.97. The highest BCUT2D eigenvalue weighted by atomic mass is 19.1. The Morgan fingerprint density at radius 1 is 1.35 bits per heavy atom. The summed E-state index contributed by atoms with van der Waals surface area (Å²) in [5.41, 5.74) is -0.642. The molecular formula is C14H19FN2O3. The molecule has 1 aromatic carbocycles. The summed E-state index contributed by atoms with van der Waals surface area (Å²) in [5, 5.41) is 11.5. The van der Waals surface area contributed by atoms with E-state index in [1.54, 1.807) is 18.2 Å². The van der Waals surface area contributed by atoms with Crippen LogP contribution in [0.3, 0.4) is 0 Å². The zero-order valence-corrected chi connectivity index (χ0v) is 11.8. The lowest BCUT2D eigenvalue weighted by molar-refractivity contribution is -0.146. The number of halogens is 1. The molecule has 0 aliphatic carbocycles. The number of nitrogens with zero attached hydrogens (tertiary/aromatic N) is 1. The second-order valence-electron chi connectivity index (χ2n) is 5.30. The molecule has 6 heteroatoms. The Kier molecular flexibility index (Phi) is 5.07. The average Bonchev–Trinajstić information content (AvgIpc) is 2.38. The number of hydrogen-bond donors (Lipinski definition) is 2. The van der Waals surface area contributed by atoms with E-state index in [0.717, 1.165) is 0 Å². The van der Waals surface area contributed by atoms with Crippen LogP contribution in [0.25, 0.3) is 0 Å². The molecule has 0 spiro atoms. The summed E-state index contributed by atoms with van der Waals surface area (Å²) in [4.78, 5) is 24.1. The minimum Gasteiger partial charge on any atom is -0.481 e. The van der Waals surface area contributed by atoms with Crippen LogP contribution in [0.5, 0.6) is 0 Å². The first-order valence-corrected chi connectivity index (χ1v) is 6.20. The van der Waals surface area contributed by atoms with E-state index >= 15 is 0 Å².